The predicted octanol–water partition coefficient (Wildman–Crippen LogP) is 2.77. The molecule has 1 aromatic rings. The number of halogens is 2. The minimum Gasteiger partial charge on any atom is -0.389 e. The van der Waals surface area contributed by atoms with Gasteiger partial charge in [-0.2, -0.15) is 0 Å². The summed E-state index contributed by atoms with van der Waals surface area (Å²) in [5.41, 5.74) is 0.00123. The summed E-state index contributed by atoms with van der Waals surface area (Å²) in [6, 6.07) is 4.64. The zero-order chi connectivity index (χ0) is 10.8. The van der Waals surface area contributed by atoms with E-state index >= 15 is 0 Å². The second kappa shape index (κ2) is 4.28. The fourth-order valence-electron chi connectivity index (χ4n) is 0.924. The zero-order valence-corrected chi connectivity index (χ0v) is 9.73. The Labute approximate surface area is 91.3 Å². The molecule has 0 amide bonds. The van der Waals surface area contributed by atoms with Crippen LogP contribution in [0.3, 0.4) is 0 Å². The van der Waals surface area contributed by atoms with Crippen molar-refractivity contribution in [3.05, 3.63) is 28.5 Å². The lowest BCUT2D eigenvalue weighted by atomic mass is 10.1. The van der Waals surface area contributed by atoms with Gasteiger partial charge >= 0.3 is 0 Å². The maximum Gasteiger partial charge on any atom is 0.137 e. The standard InChI is InChI=1S/C10H13BrFNO/c1-10(2,14)6-13-7-3-4-9(12)8(11)5-7/h3-5,13-14H,6H2,1-2H3. The van der Waals surface area contributed by atoms with Gasteiger partial charge in [-0.1, -0.05) is 0 Å². The van der Waals surface area contributed by atoms with E-state index in [1.165, 1.54) is 6.07 Å². The molecule has 78 valence electrons. The van der Waals surface area contributed by atoms with E-state index in [1.54, 1.807) is 26.0 Å². The molecule has 1 aromatic carbocycles. The van der Waals surface area contributed by atoms with Gasteiger partial charge in [0.15, 0.2) is 0 Å². The van der Waals surface area contributed by atoms with E-state index in [0.29, 0.717) is 11.0 Å². The summed E-state index contributed by atoms with van der Waals surface area (Å²) in [6.45, 7) is 3.84. The van der Waals surface area contributed by atoms with E-state index in [4.69, 9.17) is 0 Å². The molecule has 0 aromatic heterocycles. The Morgan fingerprint density at radius 2 is 2.14 bits per heavy atom. The van der Waals surface area contributed by atoms with Crippen LogP contribution >= 0.6 is 15.9 Å². The highest BCUT2D eigenvalue weighted by atomic mass is 79.9. The van der Waals surface area contributed by atoms with E-state index < -0.39 is 5.60 Å². The minimum atomic E-state index is -0.777. The molecule has 0 heterocycles. The number of hydrogen-bond acceptors (Lipinski definition) is 2. The topological polar surface area (TPSA) is 32.3 Å². The van der Waals surface area contributed by atoms with E-state index in [0.717, 1.165) is 5.69 Å². The van der Waals surface area contributed by atoms with Gasteiger partial charge in [-0.25, -0.2) is 4.39 Å². The van der Waals surface area contributed by atoms with Crippen LogP contribution in [0.1, 0.15) is 13.8 Å². The van der Waals surface area contributed by atoms with Crippen LogP contribution in [0.25, 0.3) is 0 Å². The Bertz CT molecular complexity index is 322. The van der Waals surface area contributed by atoms with Crippen LogP contribution in [0.5, 0.6) is 0 Å². The number of anilines is 1. The number of benzene rings is 1. The molecule has 0 bridgehead atoms. The Morgan fingerprint density at radius 3 is 2.64 bits per heavy atom. The minimum absolute atomic E-state index is 0.293. The maximum absolute atomic E-state index is 12.8. The van der Waals surface area contributed by atoms with Gasteiger partial charge in [0, 0.05) is 12.2 Å². The average Bonchev–Trinajstić information content (AvgIpc) is 2.06. The smallest absolute Gasteiger partial charge is 0.137 e. The highest BCUT2D eigenvalue weighted by molar-refractivity contribution is 9.10. The van der Waals surface area contributed by atoms with Crippen molar-refractivity contribution in [3.63, 3.8) is 0 Å². The van der Waals surface area contributed by atoms with Gasteiger partial charge in [0.2, 0.25) is 0 Å². The fourth-order valence-corrected chi connectivity index (χ4v) is 1.30. The summed E-state index contributed by atoms with van der Waals surface area (Å²) < 4.78 is 13.3. The number of rotatable bonds is 3. The molecule has 0 aliphatic carbocycles. The van der Waals surface area contributed by atoms with Gasteiger partial charge in [0.05, 0.1) is 10.1 Å². The Hall–Kier alpha value is -0.610. The molecule has 0 fully saturated rings. The summed E-state index contributed by atoms with van der Waals surface area (Å²) in [7, 11) is 0. The lowest BCUT2D eigenvalue weighted by molar-refractivity contribution is 0.0945. The van der Waals surface area contributed by atoms with Crippen molar-refractivity contribution in [1.29, 1.82) is 0 Å². The van der Waals surface area contributed by atoms with Gasteiger partial charge in [0.1, 0.15) is 5.82 Å². The quantitative estimate of drug-likeness (QED) is 0.877. The molecule has 0 spiro atoms. The Kier molecular flexibility index (Phi) is 3.50. The van der Waals surface area contributed by atoms with Crippen LogP contribution in [-0.2, 0) is 0 Å². The third-order valence-electron chi connectivity index (χ3n) is 1.64. The molecule has 14 heavy (non-hydrogen) atoms. The molecule has 4 heteroatoms. The first-order valence-corrected chi connectivity index (χ1v) is 5.09. The first kappa shape index (κ1) is 11.5. The van der Waals surface area contributed by atoms with Gasteiger partial charge in [-0.15, -0.1) is 0 Å². The van der Waals surface area contributed by atoms with E-state index in [-0.39, 0.29) is 5.82 Å². The third-order valence-corrected chi connectivity index (χ3v) is 2.25. The van der Waals surface area contributed by atoms with Crippen LogP contribution in [0, 0.1) is 5.82 Å². The van der Waals surface area contributed by atoms with Crippen molar-refractivity contribution in [3.8, 4) is 0 Å². The van der Waals surface area contributed by atoms with Crippen molar-refractivity contribution in [1.82, 2.24) is 0 Å². The van der Waals surface area contributed by atoms with E-state index in [9.17, 15) is 9.50 Å². The molecule has 0 saturated carbocycles. The zero-order valence-electron chi connectivity index (χ0n) is 8.14. The van der Waals surface area contributed by atoms with Crippen LogP contribution in [0.15, 0.2) is 22.7 Å². The number of hydrogen-bond donors (Lipinski definition) is 2. The lowest BCUT2D eigenvalue weighted by Crippen LogP contribution is -2.29. The lowest BCUT2D eigenvalue weighted by Gasteiger charge is -2.18. The van der Waals surface area contributed by atoms with Crippen molar-refractivity contribution in [2.24, 2.45) is 0 Å². The Balaban J connectivity index is 2.65. The van der Waals surface area contributed by atoms with Crippen molar-refractivity contribution in [2.45, 2.75) is 19.4 Å². The average molecular weight is 262 g/mol. The second-order valence-electron chi connectivity index (χ2n) is 3.79. The third kappa shape index (κ3) is 3.64. The highest BCUT2D eigenvalue weighted by Crippen LogP contribution is 2.20. The Morgan fingerprint density at radius 1 is 1.50 bits per heavy atom. The molecule has 0 saturated heterocycles. The normalized spacial score (nSPS) is 11.5. The van der Waals surface area contributed by atoms with Gasteiger partial charge in [-0.05, 0) is 48.0 Å². The molecule has 0 aliphatic rings. The molecular weight excluding hydrogens is 249 g/mol. The summed E-state index contributed by atoms with van der Waals surface area (Å²) in [5.74, 6) is -0.293. The van der Waals surface area contributed by atoms with Gasteiger partial charge < -0.3 is 10.4 Å². The monoisotopic (exact) mass is 261 g/mol. The molecular formula is C10H13BrFNO. The van der Waals surface area contributed by atoms with Gasteiger partial charge in [-0.3, -0.25) is 0 Å². The molecule has 0 unspecified atom stereocenters. The van der Waals surface area contributed by atoms with E-state index in [2.05, 4.69) is 21.2 Å². The largest absolute Gasteiger partial charge is 0.389 e. The van der Waals surface area contributed by atoms with E-state index in [1.807, 2.05) is 0 Å². The van der Waals surface area contributed by atoms with Gasteiger partial charge in [0.25, 0.3) is 0 Å². The number of aliphatic hydroxyl groups is 1. The second-order valence-corrected chi connectivity index (χ2v) is 4.65. The molecule has 0 radical (unpaired) electrons. The summed E-state index contributed by atoms with van der Waals surface area (Å²) in [5, 5.41) is 12.5. The van der Waals surface area contributed by atoms with Crippen LogP contribution in [0.4, 0.5) is 10.1 Å². The summed E-state index contributed by atoms with van der Waals surface area (Å²) >= 11 is 3.09. The molecule has 2 N–H and O–H groups in total. The van der Waals surface area contributed by atoms with Crippen molar-refractivity contribution in [2.75, 3.05) is 11.9 Å². The fraction of sp³-hybridized carbons (Fsp3) is 0.400. The molecule has 2 nitrogen and oxygen atoms in total. The SMILES string of the molecule is CC(C)(O)CNc1ccc(F)c(Br)c1. The predicted molar refractivity (Wildman–Crippen MR) is 58.9 cm³/mol. The maximum atomic E-state index is 12.8. The first-order valence-electron chi connectivity index (χ1n) is 4.30. The van der Waals surface area contributed by atoms with Crippen molar-refractivity contribution < 1.29 is 9.50 Å². The summed E-state index contributed by atoms with van der Waals surface area (Å²) in [6.07, 6.45) is 0. The number of nitrogens with one attached hydrogen (secondary N) is 1. The highest BCUT2D eigenvalue weighted by Gasteiger charge is 2.11. The van der Waals surface area contributed by atoms with Crippen LogP contribution in [-0.4, -0.2) is 17.3 Å². The molecule has 0 atom stereocenters. The first-order chi connectivity index (χ1) is 6.38. The van der Waals surface area contributed by atoms with Crippen LogP contribution < -0.4 is 5.32 Å². The molecule has 1 rings (SSSR count). The summed E-state index contributed by atoms with van der Waals surface area (Å²) in [4.78, 5) is 0. The van der Waals surface area contributed by atoms with Crippen molar-refractivity contribution >= 4 is 21.6 Å². The van der Waals surface area contributed by atoms with Crippen LogP contribution in [0.2, 0.25) is 0 Å². The molecule has 0 aliphatic heterocycles.